The highest BCUT2D eigenvalue weighted by atomic mass is 16.6. The molecule has 1 amide bonds. The van der Waals surface area contributed by atoms with Crippen LogP contribution in [0.1, 0.15) is 174 Å². The van der Waals surface area contributed by atoms with Crippen molar-refractivity contribution in [3.05, 3.63) is 48.6 Å². The molecule has 7 nitrogen and oxygen atoms in total. The zero-order valence-electron chi connectivity index (χ0n) is 34.0. The van der Waals surface area contributed by atoms with Gasteiger partial charge in [0, 0.05) is 25.8 Å². The van der Waals surface area contributed by atoms with E-state index >= 15 is 0 Å². The third kappa shape index (κ3) is 27.9. The summed E-state index contributed by atoms with van der Waals surface area (Å²) in [6.07, 6.45) is 42.9. The molecule has 1 heterocycles. The number of rotatable bonds is 33. The van der Waals surface area contributed by atoms with E-state index in [4.69, 9.17) is 9.47 Å². The molecule has 2 unspecified atom stereocenters. The van der Waals surface area contributed by atoms with Crippen LogP contribution in [0.2, 0.25) is 0 Å². The fraction of sp³-hybridized carbons (Fsp3) is 0.756. The van der Waals surface area contributed by atoms with Gasteiger partial charge in [0.15, 0.2) is 12.2 Å². The van der Waals surface area contributed by atoms with E-state index in [9.17, 15) is 14.4 Å². The minimum atomic E-state index is -0.609. The van der Waals surface area contributed by atoms with Gasteiger partial charge in [-0.1, -0.05) is 127 Å². The minimum Gasteiger partial charge on any atom is -0.456 e. The lowest BCUT2D eigenvalue weighted by Gasteiger charge is -2.19. The number of unbranched alkanes of at least 4 members (excludes halogenated alkanes) is 16. The van der Waals surface area contributed by atoms with Crippen molar-refractivity contribution in [2.24, 2.45) is 0 Å². The van der Waals surface area contributed by atoms with E-state index in [1.807, 2.05) is 19.0 Å². The predicted octanol–water partition coefficient (Wildman–Crippen LogP) is 11.2. The van der Waals surface area contributed by atoms with Crippen LogP contribution in [0.25, 0.3) is 0 Å². The summed E-state index contributed by atoms with van der Waals surface area (Å²) in [5.74, 6) is -0.545. The molecule has 0 saturated carbocycles. The first-order chi connectivity index (χ1) is 25.4. The summed E-state index contributed by atoms with van der Waals surface area (Å²) in [6.45, 7) is 5.67. The maximum Gasteiger partial charge on any atom is 0.306 e. The van der Waals surface area contributed by atoms with Crippen LogP contribution in [0.15, 0.2) is 48.6 Å². The highest BCUT2D eigenvalue weighted by Gasteiger charge is 2.40. The number of hydrogen-bond acceptors (Lipinski definition) is 6. The number of likely N-dealkylation sites (tertiary alicyclic amines) is 1. The Morgan fingerprint density at radius 3 is 1.27 bits per heavy atom. The Kier molecular flexibility index (Phi) is 31.1. The normalized spacial score (nSPS) is 16.4. The number of nitrogens with zero attached hydrogens (tertiary/aromatic N) is 2. The van der Waals surface area contributed by atoms with Crippen molar-refractivity contribution in [1.29, 1.82) is 0 Å². The van der Waals surface area contributed by atoms with Crippen LogP contribution in [0.3, 0.4) is 0 Å². The maximum absolute atomic E-state index is 12.9. The number of carbonyl (C=O) groups is 3. The van der Waals surface area contributed by atoms with Crippen LogP contribution < -0.4 is 0 Å². The van der Waals surface area contributed by atoms with Gasteiger partial charge in [0.2, 0.25) is 5.91 Å². The Morgan fingerprint density at radius 1 is 0.519 bits per heavy atom. The zero-order valence-corrected chi connectivity index (χ0v) is 34.0. The summed E-state index contributed by atoms with van der Waals surface area (Å²) in [4.78, 5) is 42.1. The lowest BCUT2D eigenvalue weighted by molar-refractivity contribution is -0.164. The highest BCUT2D eigenvalue weighted by molar-refractivity contribution is 5.77. The highest BCUT2D eigenvalue weighted by Crippen LogP contribution is 2.21. The first-order valence-electron chi connectivity index (χ1n) is 21.3. The summed E-state index contributed by atoms with van der Waals surface area (Å²) < 4.78 is 11.7. The molecule has 52 heavy (non-hydrogen) atoms. The Hall–Kier alpha value is -2.67. The second-order valence-corrected chi connectivity index (χ2v) is 14.9. The van der Waals surface area contributed by atoms with Crippen molar-refractivity contribution in [3.8, 4) is 0 Å². The Morgan fingerprint density at radius 2 is 0.885 bits per heavy atom. The summed E-state index contributed by atoms with van der Waals surface area (Å²) in [5.41, 5.74) is 0. The van der Waals surface area contributed by atoms with E-state index in [2.05, 4.69) is 62.5 Å². The largest absolute Gasteiger partial charge is 0.456 e. The predicted molar refractivity (Wildman–Crippen MR) is 218 cm³/mol. The van der Waals surface area contributed by atoms with Gasteiger partial charge >= 0.3 is 11.9 Å². The number of esters is 2. The van der Waals surface area contributed by atoms with Crippen LogP contribution in [0.4, 0.5) is 0 Å². The standard InChI is InChI=1S/C45H78N2O5/c1-5-7-9-11-13-15-17-19-21-23-25-27-29-31-33-35-44(49)51-41-39-47(43(48)37-38-46(3)4)40-42(41)52-45(50)36-34-32-30-28-26-24-22-20-18-16-14-12-10-8-6-2/h13-16,19-22,41-42H,5-12,17-18,23-40H2,1-4H3/b15-13-,16-14-,21-19-,22-20-. The maximum atomic E-state index is 12.9. The van der Waals surface area contributed by atoms with Crippen molar-refractivity contribution >= 4 is 17.8 Å². The van der Waals surface area contributed by atoms with Gasteiger partial charge < -0.3 is 19.3 Å². The first kappa shape index (κ1) is 47.4. The molecule has 0 aromatic rings. The molecular formula is C45H78N2O5. The van der Waals surface area contributed by atoms with Gasteiger partial charge in [-0.25, -0.2) is 0 Å². The molecule has 0 aromatic carbocycles. The number of ether oxygens (including phenoxy) is 2. The average molecular weight is 727 g/mol. The van der Waals surface area contributed by atoms with Crippen LogP contribution in [0, 0.1) is 0 Å². The van der Waals surface area contributed by atoms with E-state index in [-0.39, 0.29) is 30.9 Å². The molecule has 1 aliphatic heterocycles. The van der Waals surface area contributed by atoms with Crippen LogP contribution in [0.5, 0.6) is 0 Å². The fourth-order valence-corrected chi connectivity index (χ4v) is 6.27. The van der Waals surface area contributed by atoms with Gasteiger partial charge in [-0.05, 0) is 91.1 Å². The van der Waals surface area contributed by atoms with E-state index in [1.54, 1.807) is 4.90 Å². The third-order valence-electron chi connectivity index (χ3n) is 9.57. The summed E-state index contributed by atoms with van der Waals surface area (Å²) in [5, 5.41) is 0. The molecule has 1 saturated heterocycles. The molecule has 1 rings (SSSR count). The Labute approximate surface area is 319 Å². The Bertz CT molecular complexity index is 949. The number of carbonyl (C=O) groups excluding carboxylic acids is 3. The number of hydrogen-bond donors (Lipinski definition) is 0. The van der Waals surface area contributed by atoms with Crippen molar-refractivity contribution in [2.45, 2.75) is 187 Å². The molecule has 0 N–H and O–H groups in total. The zero-order chi connectivity index (χ0) is 37.9. The van der Waals surface area contributed by atoms with Gasteiger partial charge in [0.25, 0.3) is 0 Å². The van der Waals surface area contributed by atoms with E-state index in [0.29, 0.717) is 25.8 Å². The molecule has 2 atom stereocenters. The molecule has 7 heteroatoms. The number of allylic oxidation sites excluding steroid dienone is 8. The van der Waals surface area contributed by atoms with Crippen LogP contribution in [-0.2, 0) is 23.9 Å². The van der Waals surface area contributed by atoms with Crippen molar-refractivity contribution in [3.63, 3.8) is 0 Å². The second-order valence-electron chi connectivity index (χ2n) is 14.9. The first-order valence-corrected chi connectivity index (χ1v) is 21.3. The van der Waals surface area contributed by atoms with Crippen LogP contribution in [-0.4, -0.2) is 73.6 Å². The quantitative estimate of drug-likeness (QED) is 0.0381. The van der Waals surface area contributed by atoms with E-state index < -0.39 is 12.2 Å². The molecule has 0 radical (unpaired) electrons. The Balaban J connectivity index is 2.31. The molecule has 0 bridgehead atoms. The molecule has 1 aliphatic rings. The van der Waals surface area contributed by atoms with Gasteiger partial charge in [-0.2, -0.15) is 0 Å². The van der Waals surface area contributed by atoms with E-state index in [1.165, 1.54) is 64.2 Å². The summed E-state index contributed by atoms with van der Waals surface area (Å²) >= 11 is 0. The lowest BCUT2D eigenvalue weighted by Crippen LogP contribution is -2.33. The monoisotopic (exact) mass is 727 g/mol. The smallest absolute Gasteiger partial charge is 0.306 e. The summed E-state index contributed by atoms with van der Waals surface area (Å²) in [7, 11) is 3.87. The second kappa shape index (κ2) is 34.1. The van der Waals surface area contributed by atoms with Crippen molar-refractivity contribution in [2.75, 3.05) is 33.7 Å². The van der Waals surface area contributed by atoms with Crippen molar-refractivity contribution in [1.82, 2.24) is 9.80 Å². The van der Waals surface area contributed by atoms with E-state index in [0.717, 1.165) is 77.0 Å². The fourth-order valence-electron chi connectivity index (χ4n) is 6.27. The molecule has 0 aromatic heterocycles. The van der Waals surface area contributed by atoms with Gasteiger partial charge in [0.05, 0.1) is 13.1 Å². The van der Waals surface area contributed by atoms with Gasteiger partial charge in [0.1, 0.15) is 0 Å². The van der Waals surface area contributed by atoms with Crippen molar-refractivity contribution < 1.29 is 23.9 Å². The molecular weight excluding hydrogens is 649 g/mol. The average Bonchev–Trinajstić information content (AvgIpc) is 3.51. The molecule has 0 aliphatic carbocycles. The van der Waals surface area contributed by atoms with Crippen LogP contribution >= 0.6 is 0 Å². The topological polar surface area (TPSA) is 76.2 Å². The third-order valence-corrected chi connectivity index (χ3v) is 9.57. The molecule has 0 spiro atoms. The SMILES string of the molecule is CCCCC/C=C\C/C=C\CCCCCCCC(=O)OC1CN(C(=O)CCN(C)C)CC1OC(=O)CCCCCCC/C=C\C/C=C\CCCCC. The van der Waals surface area contributed by atoms with Gasteiger partial charge in [-0.15, -0.1) is 0 Å². The molecule has 1 fully saturated rings. The van der Waals surface area contributed by atoms with Gasteiger partial charge in [-0.3, -0.25) is 14.4 Å². The summed E-state index contributed by atoms with van der Waals surface area (Å²) in [6, 6.07) is 0. The molecule has 298 valence electrons. The lowest BCUT2D eigenvalue weighted by atomic mass is 10.1. The number of amides is 1. The minimum absolute atomic E-state index is 0.00395.